The lowest BCUT2D eigenvalue weighted by molar-refractivity contribution is 0.162. The molecular formula is C25H32ClN7O. The van der Waals surface area contributed by atoms with Crippen molar-refractivity contribution in [3.05, 3.63) is 52.8 Å². The molecule has 1 aromatic heterocycles. The van der Waals surface area contributed by atoms with E-state index in [2.05, 4.69) is 50.5 Å². The van der Waals surface area contributed by atoms with Crippen molar-refractivity contribution < 1.29 is 4.79 Å². The van der Waals surface area contributed by atoms with Crippen LogP contribution in [0.15, 0.2) is 36.4 Å². The van der Waals surface area contributed by atoms with Gasteiger partial charge < -0.3 is 15.1 Å². The quantitative estimate of drug-likeness (QED) is 0.635. The SMILES string of the molecule is C[C@@H]1CN(c2nc(Cl)cc(C#N)n2)CCN1C(=O)NCCC1CCN(Cc2ccccc2)CC1. The van der Waals surface area contributed by atoms with Gasteiger partial charge >= 0.3 is 6.03 Å². The average Bonchev–Trinajstić information content (AvgIpc) is 2.85. The number of nitrogens with zero attached hydrogens (tertiary/aromatic N) is 6. The standard InChI is InChI=1S/C25H32ClN7O/c1-19-17-32(24-29-22(16-27)15-23(26)30-24)13-14-33(19)25(34)28-10-7-20-8-11-31(12-9-20)18-21-5-3-2-4-6-21/h2-6,15,19-20H,7-14,17-18H2,1H3,(H,28,34)/t19-/m1/s1. The van der Waals surface area contributed by atoms with Crippen molar-refractivity contribution in [3.8, 4) is 6.07 Å². The van der Waals surface area contributed by atoms with Crippen LogP contribution in [-0.4, -0.2) is 71.1 Å². The molecule has 1 N–H and O–H groups in total. The van der Waals surface area contributed by atoms with Gasteiger partial charge in [-0.05, 0) is 50.8 Å². The maximum Gasteiger partial charge on any atom is 0.317 e. The molecule has 0 spiro atoms. The van der Waals surface area contributed by atoms with E-state index in [1.165, 1.54) is 24.5 Å². The van der Waals surface area contributed by atoms with Gasteiger partial charge in [0, 0.05) is 44.8 Å². The van der Waals surface area contributed by atoms with Gasteiger partial charge in [-0.1, -0.05) is 41.9 Å². The molecule has 0 bridgehead atoms. The first-order chi connectivity index (χ1) is 16.5. The summed E-state index contributed by atoms with van der Waals surface area (Å²) in [6, 6.07) is 14.1. The number of benzene rings is 1. The number of carbonyl (C=O) groups excluding carboxylic acids is 1. The molecule has 2 aliphatic heterocycles. The van der Waals surface area contributed by atoms with E-state index < -0.39 is 0 Å². The maximum absolute atomic E-state index is 12.8. The highest BCUT2D eigenvalue weighted by Crippen LogP contribution is 2.22. The number of urea groups is 1. The second kappa shape index (κ2) is 11.5. The van der Waals surface area contributed by atoms with E-state index in [0.29, 0.717) is 38.0 Å². The minimum absolute atomic E-state index is 0.00286. The van der Waals surface area contributed by atoms with Gasteiger partial charge in [0.15, 0.2) is 0 Å². The van der Waals surface area contributed by atoms with Crippen LogP contribution in [0.2, 0.25) is 5.15 Å². The molecule has 0 saturated carbocycles. The van der Waals surface area contributed by atoms with E-state index >= 15 is 0 Å². The topological polar surface area (TPSA) is 88.4 Å². The summed E-state index contributed by atoms with van der Waals surface area (Å²) in [7, 11) is 0. The Morgan fingerprint density at radius 3 is 2.65 bits per heavy atom. The van der Waals surface area contributed by atoms with Crippen LogP contribution < -0.4 is 10.2 Å². The van der Waals surface area contributed by atoms with Crippen molar-refractivity contribution in [2.45, 2.75) is 38.8 Å². The Labute approximate surface area is 206 Å². The van der Waals surface area contributed by atoms with Crippen LogP contribution >= 0.6 is 11.6 Å². The molecule has 34 heavy (non-hydrogen) atoms. The number of halogens is 1. The second-order valence-electron chi connectivity index (χ2n) is 9.20. The first-order valence-corrected chi connectivity index (χ1v) is 12.4. The van der Waals surface area contributed by atoms with Gasteiger partial charge in [-0.3, -0.25) is 4.90 Å². The molecule has 3 heterocycles. The van der Waals surface area contributed by atoms with E-state index in [1.54, 1.807) is 0 Å². The van der Waals surface area contributed by atoms with Gasteiger partial charge in [-0.15, -0.1) is 0 Å². The molecule has 1 aromatic carbocycles. The first kappa shape index (κ1) is 24.2. The van der Waals surface area contributed by atoms with Crippen molar-refractivity contribution in [1.82, 2.24) is 25.1 Å². The van der Waals surface area contributed by atoms with Crippen LogP contribution in [0.4, 0.5) is 10.7 Å². The number of anilines is 1. The van der Waals surface area contributed by atoms with Crippen molar-refractivity contribution in [1.29, 1.82) is 5.26 Å². The number of likely N-dealkylation sites (tertiary alicyclic amines) is 1. The number of hydrogen-bond donors (Lipinski definition) is 1. The summed E-state index contributed by atoms with van der Waals surface area (Å²) in [6.45, 7) is 7.75. The zero-order valence-corrected chi connectivity index (χ0v) is 20.4. The number of carbonyl (C=O) groups is 1. The zero-order chi connectivity index (χ0) is 23.9. The predicted molar refractivity (Wildman–Crippen MR) is 133 cm³/mol. The average molecular weight is 482 g/mol. The second-order valence-corrected chi connectivity index (χ2v) is 9.59. The highest BCUT2D eigenvalue weighted by Gasteiger charge is 2.29. The Morgan fingerprint density at radius 1 is 1.18 bits per heavy atom. The zero-order valence-electron chi connectivity index (χ0n) is 19.7. The summed E-state index contributed by atoms with van der Waals surface area (Å²) in [5.41, 5.74) is 1.61. The van der Waals surface area contributed by atoms with Gasteiger partial charge in [0.25, 0.3) is 0 Å². The normalized spacial score (nSPS) is 19.6. The van der Waals surface area contributed by atoms with Crippen molar-refractivity contribution in [2.75, 3.05) is 44.2 Å². The molecule has 9 heteroatoms. The Bertz CT molecular complexity index is 1000. The Balaban J connectivity index is 1.17. The fourth-order valence-corrected chi connectivity index (χ4v) is 4.98. The molecule has 2 aliphatic rings. The Morgan fingerprint density at radius 2 is 1.94 bits per heavy atom. The molecule has 8 nitrogen and oxygen atoms in total. The third-order valence-corrected chi connectivity index (χ3v) is 6.95. The Hall–Kier alpha value is -2.89. The molecule has 2 amide bonds. The summed E-state index contributed by atoms with van der Waals surface area (Å²) < 4.78 is 0. The number of amides is 2. The number of aromatic nitrogens is 2. The van der Waals surface area contributed by atoms with Gasteiger partial charge in [0.2, 0.25) is 5.95 Å². The fourth-order valence-electron chi connectivity index (χ4n) is 4.80. The third-order valence-electron chi connectivity index (χ3n) is 6.75. The molecule has 2 fully saturated rings. The van der Waals surface area contributed by atoms with Crippen LogP contribution in [0.5, 0.6) is 0 Å². The van der Waals surface area contributed by atoms with E-state index in [1.807, 2.05) is 22.8 Å². The molecule has 4 rings (SSSR count). The highest BCUT2D eigenvalue weighted by molar-refractivity contribution is 6.29. The minimum atomic E-state index is -0.0154. The van der Waals surface area contributed by atoms with E-state index in [4.69, 9.17) is 16.9 Å². The van der Waals surface area contributed by atoms with E-state index in [9.17, 15) is 4.79 Å². The highest BCUT2D eigenvalue weighted by atomic mass is 35.5. The number of nitriles is 1. The van der Waals surface area contributed by atoms with Crippen molar-refractivity contribution >= 4 is 23.6 Å². The summed E-state index contributed by atoms with van der Waals surface area (Å²) in [6.07, 6.45) is 3.39. The molecule has 1 atom stereocenters. The Kier molecular flexibility index (Phi) is 8.20. The molecule has 180 valence electrons. The van der Waals surface area contributed by atoms with Gasteiger partial charge in [0.1, 0.15) is 16.9 Å². The molecular weight excluding hydrogens is 450 g/mol. The molecule has 0 aliphatic carbocycles. The summed E-state index contributed by atoms with van der Waals surface area (Å²) >= 11 is 6.02. The van der Waals surface area contributed by atoms with Crippen LogP contribution in [0, 0.1) is 17.2 Å². The van der Waals surface area contributed by atoms with E-state index in [-0.39, 0.29) is 22.9 Å². The van der Waals surface area contributed by atoms with Crippen LogP contribution in [0.3, 0.4) is 0 Å². The number of piperidine rings is 1. The smallest absolute Gasteiger partial charge is 0.317 e. The van der Waals surface area contributed by atoms with Gasteiger partial charge in [-0.2, -0.15) is 5.26 Å². The first-order valence-electron chi connectivity index (χ1n) is 12.0. The fraction of sp³-hybridized carbons (Fsp3) is 0.520. The lowest BCUT2D eigenvalue weighted by Crippen LogP contribution is -2.57. The van der Waals surface area contributed by atoms with Crippen molar-refractivity contribution in [2.24, 2.45) is 5.92 Å². The van der Waals surface area contributed by atoms with Crippen LogP contribution in [0.25, 0.3) is 0 Å². The molecule has 2 aromatic rings. The lowest BCUT2D eigenvalue weighted by Gasteiger charge is -2.39. The largest absolute Gasteiger partial charge is 0.338 e. The summed E-state index contributed by atoms with van der Waals surface area (Å²) in [4.78, 5) is 27.7. The summed E-state index contributed by atoms with van der Waals surface area (Å²) in [5, 5.41) is 12.5. The molecule has 2 saturated heterocycles. The number of piperazine rings is 1. The monoisotopic (exact) mass is 481 g/mol. The maximum atomic E-state index is 12.8. The lowest BCUT2D eigenvalue weighted by atomic mass is 9.93. The van der Waals surface area contributed by atoms with Crippen LogP contribution in [-0.2, 0) is 6.54 Å². The summed E-state index contributed by atoms with van der Waals surface area (Å²) in [5.74, 6) is 1.10. The predicted octanol–water partition coefficient (Wildman–Crippen LogP) is 3.52. The van der Waals surface area contributed by atoms with Gasteiger partial charge in [0.05, 0.1) is 0 Å². The number of hydrogen-bond acceptors (Lipinski definition) is 6. The van der Waals surface area contributed by atoms with Crippen molar-refractivity contribution in [3.63, 3.8) is 0 Å². The molecule has 0 radical (unpaired) electrons. The number of nitrogens with one attached hydrogen (secondary N) is 1. The number of rotatable bonds is 6. The van der Waals surface area contributed by atoms with Crippen LogP contribution in [0.1, 0.15) is 37.4 Å². The van der Waals surface area contributed by atoms with E-state index in [0.717, 1.165) is 26.1 Å². The molecule has 0 unspecified atom stereocenters. The van der Waals surface area contributed by atoms with Gasteiger partial charge in [-0.25, -0.2) is 14.8 Å². The third kappa shape index (κ3) is 6.37. The minimum Gasteiger partial charge on any atom is -0.338 e.